The van der Waals surface area contributed by atoms with E-state index in [1.165, 1.54) is 18.6 Å². The quantitative estimate of drug-likeness (QED) is 0.755. The molecule has 1 N–H and O–H groups in total. The van der Waals surface area contributed by atoms with Crippen molar-refractivity contribution in [2.45, 2.75) is 76.5 Å². The van der Waals surface area contributed by atoms with E-state index in [0.717, 1.165) is 44.1 Å². The number of benzene rings is 1. The lowest BCUT2D eigenvalue weighted by molar-refractivity contribution is -0.145. The maximum atomic E-state index is 13.2. The molecule has 148 valence electrons. The van der Waals surface area contributed by atoms with Crippen LogP contribution >= 0.6 is 0 Å². The van der Waals surface area contributed by atoms with Crippen LogP contribution in [-0.4, -0.2) is 51.5 Å². The molecule has 1 amide bonds. The number of aliphatic carboxylic acids is 1. The van der Waals surface area contributed by atoms with E-state index in [1.54, 1.807) is 19.1 Å². The largest absolute Gasteiger partial charge is 0.480 e. The molecule has 2 aliphatic rings. The van der Waals surface area contributed by atoms with E-state index in [2.05, 4.69) is 0 Å². The number of hydrogen-bond donors (Lipinski definition) is 1. The molecule has 0 spiro atoms. The van der Waals surface area contributed by atoms with Crippen molar-refractivity contribution < 1.29 is 19.1 Å². The van der Waals surface area contributed by atoms with E-state index in [4.69, 9.17) is 0 Å². The summed E-state index contributed by atoms with van der Waals surface area (Å²) >= 11 is 0. The molecule has 2 fully saturated rings. The second-order valence-corrected chi connectivity index (χ2v) is 7.86. The third-order valence-corrected chi connectivity index (χ3v) is 5.79. The molecule has 1 atom stereocenters. The molecule has 0 radical (unpaired) electrons. The van der Waals surface area contributed by atoms with Crippen LogP contribution in [0.1, 0.15) is 57.4 Å². The average Bonchev–Trinajstić information content (AvgIpc) is 3.50. The van der Waals surface area contributed by atoms with E-state index >= 15 is 0 Å². The fourth-order valence-corrected chi connectivity index (χ4v) is 3.98. The van der Waals surface area contributed by atoms with Crippen molar-refractivity contribution in [3.8, 4) is 0 Å². The Kier molecular flexibility index (Phi) is 6.47. The van der Waals surface area contributed by atoms with Gasteiger partial charge in [-0.15, -0.1) is 0 Å². The van der Waals surface area contributed by atoms with E-state index < -0.39 is 12.0 Å². The Morgan fingerprint density at radius 1 is 1.07 bits per heavy atom. The molecule has 0 aliphatic heterocycles. The highest BCUT2D eigenvalue weighted by Crippen LogP contribution is 2.30. The van der Waals surface area contributed by atoms with Crippen LogP contribution in [0.15, 0.2) is 24.3 Å². The molecule has 1 unspecified atom stereocenters. The van der Waals surface area contributed by atoms with Crippen LogP contribution in [0.25, 0.3) is 0 Å². The summed E-state index contributed by atoms with van der Waals surface area (Å²) in [5, 5.41) is 9.39. The Morgan fingerprint density at radius 2 is 1.70 bits per heavy atom. The third-order valence-electron chi connectivity index (χ3n) is 5.79. The first-order chi connectivity index (χ1) is 13.0. The minimum absolute atomic E-state index is 0.0220. The molecule has 27 heavy (non-hydrogen) atoms. The summed E-state index contributed by atoms with van der Waals surface area (Å²) in [7, 11) is 0. The molecule has 0 bridgehead atoms. The van der Waals surface area contributed by atoms with Gasteiger partial charge >= 0.3 is 5.97 Å². The zero-order valence-electron chi connectivity index (χ0n) is 15.9. The summed E-state index contributed by atoms with van der Waals surface area (Å²) in [6, 6.07) is 5.98. The summed E-state index contributed by atoms with van der Waals surface area (Å²) in [5.74, 6) is -1.20. The van der Waals surface area contributed by atoms with Crippen molar-refractivity contribution in [3.05, 3.63) is 35.6 Å². The molecule has 1 aromatic carbocycles. The number of carbonyl (C=O) groups is 2. The fourth-order valence-electron chi connectivity index (χ4n) is 3.98. The molecule has 1 aromatic rings. The van der Waals surface area contributed by atoms with Crippen molar-refractivity contribution in [2.75, 3.05) is 6.54 Å². The first kappa shape index (κ1) is 19.8. The van der Waals surface area contributed by atoms with E-state index in [0.29, 0.717) is 6.54 Å². The third kappa shape index (κ3) is 5.28. The van der Waals surface area contributed by atoms with Crippen molar-refractivity contribution in [2.24, 2.45) is 0 Å². The van der Waals surface area contributed by atoms with Gasteiger partial charge in [-0.1, -0.05) is 31.4 Å². The minimum Gasteiger partial charge on any atom is -0.480 e. The van der Waals surface area contributed by atoms with Gasteiger partial charge in [-0.2, -0.15) is 0 Å². The number of carboxylic acid groups (broad SMARTS) is 1. The van der Waals surface area contributed by atoms with Crippen LogP contribution in [0.4, 0.5) is 4.39 Å². The monoisotopic (exact) mass is 376 g/mol. The lowest BCUT2D eigenvalue weighted by Crippen LogP contribution is -2.50. The van der Waals surface area contributed by atoms with Crippen LogP contribution in [0.3, 0.4) is 0 Å². The Hall–Kier alpha value is -1.95. The molecule has 5 nitrogen and oxygen atoms in total. The van der Waals surface area contributed by atoms with Gasteiger partial charge in [0, 0.05) is 18.6 Å². The van der Waals surface area contributed by atoms with Gasteiger partial charge in [-0.25, -0.2) is 4.39 Å². The van der Waals surface area contributed by atoms with Gasteiger partial charge in [0.1, 0.15) is 11.9 Å². The molecular weight excluding hydrogens is 347 g/mol. The highest BCUT2D eigenvalue weighted by atomic mass is 19.1. The maximum Gasteiger partial charge on any atom is 0.320 e. The Labute approximate surface area is 160 Å². The number of amides is 1. The molecule has 2 aliphatic carbocycles. The van der Waals surface area contributed by atoms with Gasteiger partial charge in [0.25, 0.3) is 0 Å². The predicted octanol–water partition coefficient (Wildman–Crippen LogP) is 3.42. The van der Waals surface area contributed by atoms with E-state index in [1.807, 2.05) is 9.80 Å². The molecular formula is C21H29FN2O3. The molecule has 6 heteroatoms. The molecule has 0 saturated heterocycles. The van der Waals surface area contributed by atoms with E-state index in [9.17, 15) is 19.1 Å². The Morgan fingerprint density at radius 3 is 2.26 bits per heavy atom. The van der Waals surface area contributed by atoms with Gasteiger partial charge in [-0.3, -0.25) is 14.5 Å². The average molecular weight is 376 g/mol. The van der Waals surface area contributed by atoms with Gasteiger partial charge in [0.15, 0.2) is 0 Å². The van der Waals surface area contributed by atoms with Crippen LogP contribution in [0.5, 0.6) is 0 Å². The number of halogens is 1. The second-order valence-electron chi connectivity index (χ2n) is 7.86. The number of nitrogens with zero attached hydrogens (tertiary/aromatic N) is 2. The summed E-state index contributed by atoms with van der Waals surface area (Å²) in [6.07, 6.45) is 7.26. The zero-order valence-corrected chi connectivity index (χ0v) is 15.9. The lowest BCUT2D eigenvalue weighted by atomic mass is 9.93. The SMILES string of the molecule is CC(C(=O)O)N(CC(=O)N(Cc1ccc(F)cc1)C1CCCCC1)C1CC1. The topological polar surface area (TPSA) is 60.9 Å². The molecule has 3 rings (SSSR count). The van der Waals surface area contributed by atoms with Crippen molar-refractivity contribution >= 4 is 11.9 Å². The number of hydrogen-bond acceptors (Lipinski definition) is 3. The number of rotatable bonds is 8. The van der Waals surface area contributed by atoms with Crippen molar-refractivity contribution in [1.82, 2.24) is 9.80 Å². The smallest absolute Gasteiger partial charge is 0.320 e. The summed E-state index contributed by atoms with van der Waals surface area (Å²) in [4.78, 5) is 28.4. The summed E-state index contributed by atoms with van der Waals surface area (Å²) in [5.41, 5.74) is 0.902. The van der Waals surface area contributed by atoms with Gasteiger partial charge < -0.3 is 10.0 Å². The zero-order chi connectivity index (χ0) is 19.4. The normalized spacial score (nSPS) is 19.1. The number of carbonyl (C=O) groups excluding carboxylic acids is 1. The van der Waals surface area contributed by atoms with Crippen LogP contribution < -0.4 is 0 Å². The summed E-state index contributed by atoms with van der Waals surface area (Å²) in [6.45, 7) is 2.23. The fraction of sp³-hybridized carbons (Fsp3) is 0.619. The standard InChI is InChI=1S/C21H29FN2O3/c1-15(21(26)27)23(19-11-12-19)14-20(25)24(18-5-3-2-4-6-18)13-16-7-9-17(22)10-8-16/h7-10,15,18-19H,2-6,11-14H2,1H3,(H,26,27). The lowest BCUT2D eigenvalue weighted by Gasteiger charge is -2.36. The van der Waals surface area contributed by atoms with Crippen LogP contribution in [-0.2, 0) is 16.1 Å². The van der Waals surface area contributed by atoms with Gasteiger partial charge in [-0.05, 0) is 50.3 Å². The Balaban J connectivity index is 1.74. The van der Waals surface area contributed by atoms with Crippen LogP contribution in [0, 0.1) is 5.82 Å². The van der Waals surface area contributed by atoms with Crippen LogP contribution in [0.2, 0.25) is 0 Å². The maximum absolute atomic E-state index is 13.2. The summed E-state index contributed by atoms with van der Waals surface area (Å²) < 4.78 is 13.2. The predicted molar refractivity (Wildman–Crippen MR) is 101 cm³/mol. The van der Waals surface area contributed by atoms with Crippen molar-refractivity contribution in [1.29, 1.82) is 0 Å². The highest BCUT2D eigenvalue weighted by molar-refractivity contribution is 5.80. The first-order valence-corrected chi connectivity index (χ1v) is 9.98. The minimum atomic E-state index is -0.891. The Bertz CT molecular complexity index is 654. The van der Waals surface area contributed by atoms with Gasteiger partial charge in [0.05, 0.1) is 6.54 Å². The molecule has 2 saturated carbocycles. The number of carboxylic acids is 1. The first-order valence-electron chi connectivity index (χ1n) is 9.98. The second kappa shape index (κ2) is 8.83. The van der Waals surface area contributed by atoms with Gasteiger partial charge in [0.2, 0.25) is 5.91 Å². The molecule has 0 aromatic heterocycles. The highest BCUT2D eigenvalue weighted by Gasteiger charge is 2.37. The van der Waals surface area contributed by atoms with E-state index in [-0.39, 0.29) is 30.4 Å². The molecule has 0 heterocycles. The van der Waals surface area contributed by atoms with Crippen molar-refractivity contribution in [3.63, 3.8) is 0 Å².